The number of hydrogen-bond donors (Lipinski definition) is 2. The summed E-state index contributed by atoms with van der Waals surface area (Å²) in [6.07, 6.45) is 7.35. The molecule has 2 aliphatic heterocycles. The van der Waals surface area contributed by atoms with Gasteiger partial charge in [0, 0.05) is 49.5 Å². The molecule has 5 heteroatoms. The van der Waals surface area contributed by atoms with E-state index in [2.05, 4.69) is 39.9 Å². The second kappa shape index (κ2) is 8.82. The molecule has 2 aliphatic rings. The third-order valence-corrected chi connectivity index (χ3v) is 4.99. The number of ether oxygens (including phenoxy) is 1. The van der Waals surface area contributed by atoms with Crippen LogP contribution >= 0.6 is 0 Å². The van der Waals surface area contributed by atoms with Gasteiger partial charge in [0.25, 0.3) is 0 Å². The summed E-state index contributed by atoms with van der Waals surface area (Å²) in [6.45, 7) is 2.59. The Kier molecular flexibility index (Phi) is 5.80. The van der Waals surface area contributed by atoms with Gasteiger partial charge in [-0.2, -0.15) is 0 Å². The van der Waals surface area contributed by atoms with Gasteiger partial charge in [-0.05, 0) is 36.2 Å². The van der Waals surface area contributed by atoms with Gasteiger partial charge in [0.1, 0.15) is 6.17 Å². The lowest BCUT2D eigenvalue weighted by atomic mass is 10.0. The monoisotopic (exact) mass is 362 g/mol. The molecular formula is C22H26N4O. The maximum Gasteiger partial charge on any atom is 0.215 e. The number of aliphatic imine (C=N–C) groups is 1. The molecule has 0 bridgehead atoms. The third-order valence-electron chi connectivity index (χ3n) is 4.99. The molecule has 1 aromatic heterocycles. The minimum absolute atomic E-state index is 0.0279. The fourth-order valence-corrected chi connectivity index (χ4v) is 3.58. The van der Waals surface area contributed by atoms with Crippen LogP contribution in [0.5, 0.6) is 0 Å². The maximum absolute atomic E-state index is 6.18. The van der Waals surface area contributed by atoms with Gasteiger partial charge in [0.2, 0.25) is 5.90 Å². The molecule has 0 saturated carbocycles. The first-order chi connectivity index (χ1) is 13.4. The topological polar surface area (TPSA) is 58.5 Å². The standard InChI is InChI=1S/C22H26N4O/c1-2-4-18(5-3-1)16-21-25-20-9-14-24-13-8-19(20)22(26-21)27-15-10-17-6-11-23-12-7-17/h1-7,11-12,21,24-25H,8-10,13-16H2. The first-order valence-electron chi connectivity index (χ1n) is 9.71. The number of pyridine rings is 1. The first-order valence-corrected chi connectivity index (χ1v) is 9.71. The van der Waals surface area contributed by atoms with Crippen molar-refractivity contribution in [3.8, 4) is 0 Å². The first kappa shape index (κ1) is 17.7. The summed E-state index contributed by atoms with van der Waals surface area (Å²) in [5.74, 6) is 0.822. The lowest BCUT2D eigenvalue weighted by Crippen LogP contribution is -2.36. The summed E-state index contributed by atoms with van der Waals surface area (Å²) in [4.78, 5) is 8.99. The lowest BCUT2D eigenvalue weighted by Gasteiger charge is -2.27. The molecule has 2 N–H and O–H groups in total. The molecule has 4 rings (SSSR count). The highest BCUT2D eigenvalue weighted by atomic mass is 16.5. The van der Waals surface area contributed by atoms with Crippen molar-refractivity contribution in [2.24, 2.45) is 4.99 Å². The van der Waals surface area contributed by atoms with Crippen molar-refractivity contribution in [2.75, 3.05) is 19.7 Å². The predicted octanol–water partition coefficient (Wildman–Crippen LogP) is 2.85. The molecule has 3 heterocycles. The minimum atomic E-state index is 0.0279. The van der Waals surface area contributed by atoms with Gasteiger partial charge in [0.15, 0.2) is 0 Å². The fourth-order valence-electron chi connectivity index (χ4n) is 3.58. The number of nitrogens with one attached hydrogen (secondary N) is 2. The maximum atomic E-state index is 6.18. The zero-order valence-corrected chi connectivity index (χ0v) is 15.5. The lowest BCUT2D eigenvalue weighted by molar-refractivity contribution is 0.300. The van der Waals surface area contributed by atoms with E-state index in [1.807, 2.05) is 30.6 Å². The molecule has 0 amide bonds. The third kappa shape index (κ3) is 4.74. The molecule has 0 spiro atoms. The number of hydrogen-bond acceptors (Lipinski definition) is 5. The van der Waals surface area contributed by atoms with E-state index in [4.69, 9.17) is 9.73 Å². The summed E-state index contributed by atoms with van der Waals surface area (Å²) < 4.78 is 6.18. The van der Waals surface area contributed by atoms with E-state index in [9.17, 15) is 0 Å². The highest BCUT2D eigenvalue weighted by Crippen LogP contribution is 2.22. The van der Waals surface area contributed by atoms with Crippen LogP contribution in [0, 0.1) is 0 Å². The van der Waals surface area contributed by atoms with E-state index >= 15 is 0 Å². The van der Waals surface area contributed by atoms with Crippen molar-refractivity contribution in [1.82, 2.24) is 15.6 Å². The highest BCUT2D eigenvalue weighted by Gasteiger charge is 2.25. The van der Waals surface area contributed by atoms with Gasteiger partial charge in [-0.15, -0.1) is 0 Å². The van der Waals surface area contributed by atoms with Gasteiger partial charge in [-0.3, -0.25) is 4.98 Å². The van der Waals surface area contributed by atoms with Crippen molar-refractivity contribution in [3.63, 3.8) is 0 Å². The molecule has 0 radical (unpaired) electrons. The highest BCUT2D eigenvalue weighted by molar-refractivity contribution is 5.95. The van der Waals surface area contributed by atoms with E-state index in [0.29, 0.717) is 6.61 Å². The van der Waals surface area contributed by atoms with Crippen molar-refractivity contribution < 1.29 is 4.74 Å². The molecule has 2 aromatic rings. The van der Waals surface area contributed by atoms with Crippen LogP contribution in [0.1, 0.15) is 24.0 Å². The Balaban J connectivity index is 1.47. The number of aromatic nitrogens is 1. The van der Waals surface area contributed by atoms with Crippen molar-refractivity contribution in [3.05, 3.63) is 77.3 Å². The molecule has 1 atom stereocenters. The molecule has 5 nitrogen and oxygen atoms in total. The van der Waals surface area contributed by atoms with Crippen LogP contribution in [0.3, 0.4) is 0 Å². The summed E-state index contributed by atoms with van der Waals surface area (Å²) >= 11 is 0. The van der Waals surface area contributed by atoms with Crippen molar-refractivity contribution >= 4 is 5.90 Å². The molecule has 0 fully saturated rings. The van der Waals surface area contributed by atoms with Crippen LogP contribution < -0.4 is 10.6 Å². The Bertz CT molecular complexity index is 802. The predicted molar refractivity (Wildman–Crippen MR) is 108 cm³/mol. The van der Waals surface area contributed by atoms with Crippen molar-refractivity contribution in [1.29, 1.82) is 0 Å². The smallest absolute Gasteiger partial charge is 0.215 e. The summed E-state index contributed by atoms with van der Waals surface area (Å²) in [7, 11) is 0. The van der Waals surface area contributed by atoms with E-state index < -0.39 is 0 Å². The van der Waals surface area contributed by atoms with Gasteiger partial charge >= 0.3 is 0 Å². The summed E-state index contributed by atoms with van der Waals surface area (Å²) in [6, 6.07) is 14.6. The second-order valence-corrected chi connectivity index (χ2v) is 6.95. The Morgan fingerprint density at radius 3 is 2.63 bits per heavy atom. The normalized spacial score (nSPS) is 19.6. The van der Waals surface area contributed by atoms with Gasteiger partial charge in [-0.1, -0.05) is 30.3 Å². The quantitative estimate of drug-likeness (QED) is 0.859. The minimum Gasteiger partial charge on any atom is -0.477 e. The average molecular weight is 362 g/mol. The molecule has 1 unspecified atom stereocenters. The SMILES string of the molecule is c1ccc(CC2N=C(OCCc3ccncc3)C3=C(CCNCC3)N2)cc1. The Hall–Kier alpha value is -2.66. The van der Waals surface area contributed by atoms with Crippen LogP contribution in [-0.4, -0.2) is 36.7 Å². The molecule has 140 valence electrons. The Morgan fingerprint density at radius 1 is 0.963 bits per heavy atom. The van der Waals surface area contributed by atoms with Gasteiger partial charge in [0.05, 0.1) is 6.61 Å². The zero-order valence-electron chi connectivity index (χ0n) is 15.5. The van der Waals surface area contributed by atoms with Gasteiger partial charge in [-0.25, -0.2) is 4.99 Å². The Labute approximate surface area is 160 Å². The summed E-state index contributed by atoms with van der Waals surface area (Å²) in [5.41, 5.74) is 5.04. The van der Waals surface area contributed by atoms with E-state index in [1.165, 1.54) is 22.4 Å². The van der Waals surface area contributed by atoms with E-state index in [-0.39, 0.29) is 6.17 Å². The number of rotatable bonds is 5. The zero-order chi connectivity index (χ0) is 18.3. The number of nitrogens with zero attached hydrogens (tertiary/aromatic N) is 2. The number of benzene rings is 1. The molecule has 27 heavy (non-hydrogen) atoms. The van der Waals surface area contributed by atoms with Crippen LogP contribution in [0.2, 0.25) is 0 Å². The fraction of sp³-hybridized carbons (Fsp3) is 0.364. The second-order valence-electron chi connectivity index (χ2n) is 6.95. The summed E-state index contributed by atoms with van der Waals surface area (Å²) in [5, 5.41) is 7.12. The van der Waals surface area contributed by atoms with Crippen molar-refractivity contribution in [2.45, 2.75) is 31.8 Å². The van der Waals surface area contributed by atoms with Gasteiger partial charge < -0.3 is 15.4 Å². The van der Waals surface area contributed by atoms with Crippen LogP contribution in [0.25, 0.3) is 0 Å². The van der Waals surface area contributed by atoms with E-state index in [1.54, 1.807) is 0 Å². The van der Waals surface area contributed by atoms with Crippen LogP contribution in [0.4, 0.5) is 0 Å². The molecule has 0 aliphatic carbocycles. The largest absolute Gasteiger partial charge is 0.477 e. The molecular weight excluding hydrogens is 336 g/mol. The van der Waals surface area contributed by atoms with E-state index in [0.717, 1.165) is 44.7 Å². The Morgan fingerprint density at radius 2 is 1.78 bits per heavy atom. The van der Waals surface area contributed by atoms with Crippen LogP contribution in [0.15, 0.2) is 71.1 Å². The average Bonchev–Trinajstić information content (AvgIpc) is 2.95. The molecule has 0 saturated heterocycles. The molecule has 1 aromatic carbocycles. The van der Waals surface area contributed by atoms with Crippen LogP contribution in [-0.2, 0) is 17.6 Å².